The van der Waals surface area contributed by atoms with E-state index in [-0.39, 0.29) is 17.3 Å². The highest BCUT2D eigenvalue weighted by molar-refractivity contribution is 7.89. The molecule has 0 aliphatic carbocycles. The Morgan fingerprint density at radius 1 is 1.24 bits per heavy atom. The molecular weight excluding hydrogens is 293 g/mol. The van der Waals surface area contributed by atoms with Crippen LogP contribution in [-0.4, -0.2) is 31.8 Å². The van der Waals surface area contributed by atoms with Crippen molar-refractivity contribution in [2.75, 3.05) is 19.4 Å². The molecule has 0 amide bonds. The molecule has 2 aromatic rings. The summed E-state index contributed by atoms with van der Waals surface area (Å²) < 4.78 is 39.2. The van der Waals surface area contributed by atoms with Crippen LogP contribution in [-0.2, 0) is 16.6 Å². The third-order valence-corrected chi connectivity index (χ3v) is 4.85. The van der Waals surface area contributed by atoms with Gasteiger partial charge in [-0.25, -0.2) is 17.8 Å². The van der Waals surface area contributed by atoms with Crippen LogP contribution in [0.5, 0.6) is 0 Å². The number of nitrogens with one attached hydrogen (secondary N) is 1. The number of halogens is 1. The average molecular weight is 309 g/mol. The standard InChI is InChI=1S/C14H16FN3O2S/c1-16-14-13(4-3-9-17-14)21(19,20)18(2)10-11-5-7-12(15)8-6-11/h3-9H,10H2,1-2H3,(H,16,17). The summed E-state index contributed by atoms with van der Waals surface area (Å²) in [5.74, 6) is -0.0579. The normalized spacial score (nSPS) is 11.6. The van der Waals surface area contributed by atoms with Gasteiger partial charge >= 0.3 is 0 Å². The quantitative estimate of drug-likeness (QED) is 0.918. The molecule has 0 saturated carbocycles. The predicted octanol–water partition coefficient (Wildman–Crippen LogP) is 2.08. The summed E-state index contributed by atoms with van der Waals surface area (Å²) >= 11 is 0. The Balaban J connectivity index is 2.28. The second kappa shape index (κ2) is 6.19. The first-order chi connectivity index (χ1) is 9.95. The van der Waals surface area contributed by atoms with E-state index in [4.69, 9.17) is 0 Å². The number of rotatable bonds is 5. The third-order valence-electron chi connectivity index (χ3n) is 3.01. The van der Waals surface area contributed by atoms with E-state index in [2.05, 4.69) is 10.3 Å². The molecule has 0 unspecified atom stereocenters. The maximum atomic E-state index is 12.9. The van der Waals surface area contributed by atoms with Gasteiger partial charge in [0.15, 0.2) is 0 Å². The van der Waals surface area contributed by atoms with Crippen LogP contribution in [0.2, 0.25) is 0 Å². The van der Waals surface area contributed by atoms with Crippen LogP contribution < -0.4 is 5.32 Å². The molecule has 0 saturated heterocycles. The molecule has 5 nitrogen and oxygen atoms in total. The highest BCUT2D eigenvalue weighted by Crippen LogP contribution is 2.22. The predicted molar refractivity (Wildman–Crippen MR) is 78.8 cm³/mol. The largest absolute Gasteiger partial charge is 0.372 e. The van der Waals surface area contributed by atoms with Crippen LogP contribution in [0.25, 0.3) is 0 Å². The van der Waals surface area contributed by atoms with Gasteiger partial charge in [0.05, 0.1) is 0 Å². The molecule has 0 spiro atoms. The molecular formula is C14H16FN3O2S. The smallest absolute Gasteiger partial charge is 0.246 e. The lowest BCUT2D eigenvalue weighted by molar-refractivity contribution is 0.466. The Morgan fingerprint density at radius 2 is 1.90 bits per heavy atom. The number of nitrogens with zero attached hydrogens (tertiary/aromatic N) is 2. The monoisotopic (exact) mass is 309 g/mol. The molecule has 1 aromatic heterocycles. The molecule has 0 bridgehead atoms. The summed E-state index contributed by atoms with van der Waals surface area (Å²) in [7, 11) is -0.586. The van der Waals surface area contributed by atoms with Gasteiger partial charge in [-0.3, -0.25) is 0 Å². The summed E-state index contributed by atoms with van der Waals surface area (Å²) in [6.07, 6.45) is 1.52. The number of aromatic nitrogens is 1. The van der Waals surface area contributed by atoms with E-state index in [1.165, 1.54) is 35.7 Å². The molecule has 0 atom stereocenters. The SMILES string of the molecule is CNc1ncccc1S(=O)(=O)N(C)Cc1ccc(F)cc1. The van der Waals surface area contributed by atoms with Gasteiger partial charge in [-0.15, -0.1) is 0 Å². The Bertz CT molecular complexity index is 717. The van der Waals surface area contributed by atoms with Crippen molar-refractivity contribution in [3.05, 3.63) is 54.0 Å². The van der Waals surface area contributed by atoms with E-state index in [9.17, 15) is 12.8 Å². The molecule has 1 heterocycles. The summed E-state index contributed by atoms with van der Waals surface area (Å²) in [5, 5.41) is 2.76. The van der Waals surface area contributed by atoms with Gasteiger partial charge in [0.1, 0.15) is 16.5 Å². The van der Waals surface area contributed by atoms with Gasteiger partial charge in [-0.1, -0.05) is 12.1 Å². The topological polar surface area (TPSA) is 62.3 Å². The Kier molecular flexibility index (Phi) is 4.54. The second-order valence-electron chi connectivity index (χ2n) is 4.49. The van der Waals surface area contributed by atoms with Crippen molar-refractivity contribution in [3.63, 3.8) is 0 Å². The maximum Gasteiger partial charge on any atom is 0.246 e. The maximum absolute atomic E-state index is 12.9. The van der Waals surface area contributed by atoms with Crippen molar-refractivity contribution in [1.29, 1.82) is 0 Å². The zero-order chi connectivity index (χ0) is 15.5. The molecule has 1 N–H and O–H groups in total. The lowest BCUT2D eigenvalue weighted by Gasteiger charge is -2.18. The van der Waals surface area contributed by atoms with Crippen molar-refractivity contribution < 1.29 is 12.8 Å². The molecule has 0 aliphatic rings. The van der Waals surface area contributed by atoms with Crippen molar-refractivity contribution in [2.45, 2.75) is 11.4 Å². The van der Waals surface area contributed by atoms with Crippen molar-refractivity contribution in [3.8, 4) is 0 Å². The Morgan fingerprint density at radius 3 is 2.52 bits per heavy atom. The van der Waals surface area contributed by atoms with E-state index in [0.29, 0.717) is 11.4 Å². The molecule has 7 heteroatoms. The lowest BCUT2D eigenvalue weighted by Crippen LogP contribution is -2.27. The highest BCUT2D eigenvalue weighted by atomic mass is 32.2. The van der Waals surface area contributed by atoms with Gasteiger partial charge in [0, 0.05) is 26.8 Å². The summed E-state index contributed by atoms with van der Waals surface area (Å²) in [5.41, 5.74) is 0.706. The van der Waals surface area contributed by atoms with E-state index < -0.39 is 10.0 Å². The zero-order valence-electron chi connectivity index (χ0n) is 11.7. The minimum Gasteiger partial charge on any atom is -0.372 e. The Labute approximate surface area is 123 Å². The summed E-state index contributed by atoms with van der Waals surface area (Å²) in [6.45, 7) is 0.153. The molecule has 0 fully saturated rings. The first-order valence-electron chi connectivity index (χ1n) is 6.28. The lowest BCUT2D eigenvalue weighted by atomic mass is 10.2. The molecule has 21 heavy (non-hydrogen) atoms. The van der Waals surface area contributed by atoms with Crippen LogP contribution in [0.4, 0.5) is 10.2 Å². The van der Waals surface area contributed by atoms with Crippen LogP contribution in [0, 0.1) is 5.82 Å². The van der Waals surface area contributed by atoms with E-state index >= 15 is 0 Å². The first kappa shape index (κ1) is 15.4. The zero-order valence-corrected chi connectivity index (χ0v) is 12.6. The molecule has 112 valence electrons. The number of pyridine rings is 1. The summed E-state index contributed by atoms with van der Waals surface area (Å²) in [4.78, 5) is 4.11. The average Bonchev–Trinajstić information content (AvgIpc) is 2.49. The van der Waals surface area contributed by atoms with Crippen molar-refractivity contribution >= 4 is 15.8 Å². The van der Waals surface area contributed by atoms with Gasteiger partial charge in [-0.2, -0.15) is 4.31 Å². The fourth-order valence-corrected chi connectivity index (χ4v) is 3.19. The molecule has 1 aromatic carbocycles. The number of benzene rings is 1. The second-order valence-corrected chi connectivity index (χ2v) is 6.50. The van der Waals surface area contributed by atoms with Crippen molar-refractivity contribution in [2.24, 2.45) is 0 Å². The highest BCUT2D eigenvalue weighted by Gasteiger charge is 2.24. The van der Waals surface area contributed by atoms with Crippen LogP contribution >= 0.6 is 0 Å². The number of anilines is 1. The fraction of sp³-hybridized carbons (Fsp3) is 0.214. The molecule has 2 rings (SSSR count). The van der Waals surface area contributed by atoms with E-state index in [1.807, 2.05) is 0 Å². The van der Waals surface area contributed by atoms with Crippen molar-refractivity contribution in [1.82, 2.24) is 9.29 Å². The minimum absolute atomic E-state index is 0.108. The number of sulfonamides is 1. The van der Waals surface area contributed by atoms with Gasteiger partial charge < -0.3 is 5.32 Å². The first-order valence-corrected chi connectivity index (χ1v) is 7.72. The Hall–Kier alpha value is -1.99. The minimum atomic E-state index is -3.68. The van der Waals surface area contributed by atoms with Crippen LogP contribution in [0.15, 0.2) is 47.5 Å². The van der Waals surface area contributed by atoms with E-state index in [1.54, 1.807) is 25.2 Å². The number of hydrogen-bond acceptors (Lipinski definition) is 4. The van der Waals surface area contributed by atoms with E-state index in [0.717, 1.165) is 0 Å². The number of hydrogen-bond donors (Lipinski definition) is 1. The molecule has 0 aliphatic heterocycles. The van der Waals surface area contributed by atoms with Gasteiger partial charge in [-0.05, 0) is 29.8 Å². The van der Waals surface area contributed by atoms with Gasteiger partial charge in [0.2, 0.25) is 10.0 Å². The van der Waals surface area contributed by atoms with Crippen LogP contribution in [0.1, 0.15) is 5.56 Å². The third kappa shape index (κ3) is 3.37. The molecule has 0 radical (unpaired) electrons. The van der Waals surface area contributed by atoms with Crippen LogP contribution in [0.3, 0.4) is 0 Å². The van der Waals surface area contributed by atoms with Gasteiger partial charge in [0.25, 0.3) is 0 Å². The summed E-state index contributed by atoms with van der Waals surface area (Å²) in [6, 6.07) is 8.79. The fourth-order valence-electron chi connectivity index (χ4n) is 1.89.